The average molecular weight is 266 g/mol. The molecular formula is C13H22N4O2. The molecule has 1 N–H and O–H groups in total. The van der Waals surface area contributed by atoms with Crippen molar-refractivity contribution in [3.8, 4) is 0 Å². The van der Waals surface area contributed by atoms with Crippen molar-refractivity contribution in [1.82, 2.24) is 19.6 Å². The van der Waals surface area contributed by atoms with Crippen molar-refractivity contribution in [1.29, 1.82) is 0 Å². The highest BCUT2D eigenvalue weighted by molar-refractivity contribution is 5.69. The van der Waals surface area contributed by atoms with E-state index < -0.39 is 5.97 Å². The van der Waals surface area contributed by atoms with Crippen molar-refractivity contribution in [3.63, 3.8) is 0 Å². The third-order valence-corrected chi connectivity index (χ3v) is 3.86. The van der Waals surface area contributed by atoms with Crippen LogP contribution in [-0.2, 0) is 18.4 Å². The van der Waals surface area contributed by atoms with Gasteiger partial charge in [0.25, 0.3) is 0 Å². The summed E-state index contributed by atoms with van der Waals surface area (Å²) >= 11 is 0. The summed E-state index contributed by atoms with van der Waals surface area (Å²) < 4.78 is 1.92. The van der Waals surface area contributed by atoms with E-state index in [1.807, 2.05) is 23.6 Å². The summed E-state index contributed by atoms with van der Waals surface area (Å²) in [7, 11) is 1.97. The molecule has 0 unspecified atom stereocenters. The van der Waals surface area contributed by atoms with Crippen LogP contribution < -0.4 is 0 Å². The predicted octanol–water partition coefficient (Wildman–Crippen LogP) is 0.239. The molecule has 6 heteroatoms. The highest BCUT2D eigenvalue weighted by Gasteiger charge is 2.20. The lowest BCUT2D eigenvalue weighted by molar-refractivity contribution is -0.138. The van der Waals surface area contributed by atoms with Gasteiger partial charge >= 0.3 is 5.97 Å². The smallest absolute Gasteiger partial charge is 0.317 e. The van der Waals surface area contributed by atoms with Crippen LogP contribution in [0.15, 0.2) is 0 Å². The normalized spacial score (nSPS) is 17.8. The van der Waals surface area contributed by atoms with Crippen molar-refractivity contribution >= 4 is 5.97 Å². The number of nitrogens with zero attached hydrogens (tertiary/aromatic N) is 4. The van der Waals surface area contributed by atoms with E-state index in [0.29, 0.717) is 0 Å². The predicted molar refractivity (Wildman–Crippen MR) is 72.0 cm³/mol. The molecule has 2 heterocycles. The van der Waals surface area contributed by atoms with Crippen LogP contribution in [0.1, 0.15) is 17.0 Å². The number of piperazine rings is 1. The molecule has 6 nitrogen and oxygen atoms in total. The van der Waals surface area contributed by atoms with Gasteiger partial charge in [0.2, 0.25) is 0 Å². The summed E-state index contributed by atoms with van der Waals surface area (Å²) in [5.41, 5.74) is 3.60. The first-order valence-corrected chi connectivity index (χ1v) is 6.63. The second-order valence-corrected chi connectivity index (χ2v) is 5.22. The molecule has 19 heavy (non-hydrogen) atoms. The van der Waals surface area contributed by atoms with Gasteiger partial charge in [0.05, 0.1) is 12.2 Å². The molecule has 1 saturated heterocycles. The zero-order valence-electron chi connectivity index (χ0n) is 11.9. The van der Waals surface area contributed by atoms with Gasteiger partial charge in [-0.05, 0) is 13.8 Å². The van der Waals surface area contributed by atoms with Crippen molar-refractivity contribution < 1.29 is 9.90 Å². The number of carboxylic acid groups (broad SMARTS) is 1. The van der Waals surface area contributed by atoms with E-state index in [4.69, 9.17) is 5.11 Å². The lowest BCUT2D eigenvalue weighted by Gasteiger charge is -2.33. The molecular weight excluding hydrogens is 244 g/mol. The van der Waals surface area contributed by atoms with E-state index in [-0.39, 0.29) is 6.54 Å². The van der Waals surface area contributed by atoms with Crippen LogP contribution in [0.4, 0.5) is 0 Å². The Kier molecular flexibility index (Phi) is 4.21. The minimum atomic E-state index is -0.743. The molecule has 1 fully saturated rings. The Labute approximate surface area is 113 Å². The first kappa shape index (κ1) is 14.0. The maximum Gasteiger partial charge on any atom is 0.317 e. The van der Waals surface area contributed by atoms with Gasteiger partial charge in [0.1, 0.15) is 0 Å². The maximum absolute atomic E-state index is 10.7. The van der Waals surface area contributed by atoms with Gasteiger partial charge in [0, 0.05) is 51.0 Å². The summed E-state index contributed by atoms with van der Waals surface area (Å²) in [5, 5.41) is 13.2. The molecule has 1 aromatic heterocycles. The minimum absolute atomic E-state index is 0.152. The summed E-state index contributed by atoms with van der Waals surface area (Å²) in [5.74, 6) is -0.743. The quantitative estimate of drug-likeness (QED) is 0.846. The SMILES string of the molecule is Cc1nn(C)c(C)c1CN1CCN(CC(=O)O)CC1. The molecule has 0 atom stereocenters. The van der Waals surface area contributed by atoms with E-state index in [2.05, 4.69) is 16.9 Å². The molecule has 1 aliphatic heterocycles. The number of aliphatic carboxylic acids is 1. The second-order valence-electron chi connectivity index (χ2n) is 5.22. The molecule has 0 spiro atoms. The second kappa shape index (κ2) is 5.71. The third kappa shape index (κ3) is 3.33. The Hall–Kier alpha value is -1.40. The summed E-state index contributed by atoms with van der Waals surface area (Å²) in [6.45, 7) is 8.68. The van der Waals surface area contributed by atoms with E-state index in [1.165, 1.54) is 11.3 Å². The number of carbonyl (C=O) groups is 1. The molecule has 0 aromatic carbocycles. The molecule has 2 rings (SSSR count). The van der Waals surface area contributed by atoms with Crippen molar-refractivity contribution in [2.75, 3.05) is 32.7 Å². The largest absolute Gasteiger partial charge is 0.480 e. The minimum Gasteiger partial charge on any atom is -0.480 e. The Bertz CT molecular complexity index is 461. The highest BCUT2D eigenvalue weighted by atomic mass is 16.4. The Morgan fingerprint density at radius 2 is 1.79 bits per heavy atom. The summed E-state index contributed by atoms with van der Waals surface area (Å²) in [4.78, 5) is 15.0. The number of carboxylic acids is 1. The number of aryl methyl sites for hydroxylation is 2. The summed E-state index contributed by atoms with van der Waals surface area (Å²) in [6, 6.07) is 0. The number of hydrogen-bond donors (Lipinski definition) is 1. The Morgan fingerprint density at radius 3 is 2.26 bits per heavy atom. The molecule has 0 aliphatic carbocycles. The topological polar surface area (TPSA) is 61.6 Å². The number of aromatic nitrogens is 2. The van der Waals surface area contributed by atoms with Crippen LogP contribution in [-0.4, -0.2) is 63.4 Å². The van der Waals surface area contributed by atoms with Crippen LogP contribution in [0, 0.1) is 13.8 Å². The van der Waals surface area contributed by atoms with Gasteiger partial charge in [-0.1, -0.05) is 0 Å². The van der Waals surface area contributed by atoms with Crippen LogP contribution in [0.2, 0.25) is 0 Å². The van der Waals surface area contributed by atoms with Crippen molar-refractivity contribution in [3.05, 3.63) is 17.0 Å². The fraction of sp³-hybridized carbons (Fsp3) is 0.692. The fourth-order valence-electron chi connectivity index (χ4n) is 2.57. The van der Waals surface area contributed by atoms with Gasteiger partial charge in [0.15, 0.2) is 0 Å². The van der Waals surface area contributed by atoms with E-state index >= 15 is 0 Å². The number of hydrogen-bond acceptors (Lipinski definition) is 4. The average Bonchev–Trinajstić information content (AvgIpc) is 2.58. The molecule has 0 bridgehead atoms. The number of rotatable bonds is 4. The zero-order chi connectivity index (χ0) is 14.0. The first-order chi connectivity index (χ1) is 8.97. The van der Waals surface area contributed by atoms with Crippen LogP contribution in [0.25, 0.3) is 0 Å². The Balaban J connectivity index is 1.90. The van der Waals surface area contributed by atoms with Gasteiger partial charge in [-0.15, -0.1) is 0 Å². The van der Waals surface area contributed by atoms with E-state index in [0.717, 1.165) is 38.4 Å². The lowest BCUT2D eigenvalue weighted by atomic mass is 10.1. The van der Waals surface area contributed by atoms with Crippen molar-refractivity contribution in [2.24, 2.45) is 7.05 Å². The maximum atomic E-state index is 10.7. The van der Waals surface area contributed by atoms with Crippen LogP contribution >= 0.6 is 0 Å². The molecule has 0 amide bonds. The van der Waals surface area contributed by atoms with Gasteiger partial charge in [-0.3, -0.25) is 19.3 Å². The monoisotopic (exact) mass is 266 g/mol. The zero-order valence-corrected chi connectivity index (χ0v) is 11.9. The van der Waals surface area contributed by atoms with Crippen molar-refractivity contribution in [2.45, 2.75) is 20.4 Å². The van der Waals surface area contributed by atoms with E-state index in [1.54, 1.807) is 0 Å². The highest BCUT2D eigenvalue weighted by Crippen LogP contribution is 2.15. The van der Waals surface area contributed by atoms with E-state index in [9.17, 15) is 4.79 Å². The molecule has 0 radical (unpaired) electrons. The van der Waals surface area contributed by atoms with Crippen LogP contribution in [0.5, 0.6) is 0 Å². The van der Waals surface area contributed by atoms with Gasteiger partial charge in [-0.2, -0.15) is 5.10 Å². The lowest BCUT2D eigenvalue weighted by Crippen LogP contribution is -2.47. The molecule has 0 saturated carbocycles. The third-order valence-electron chi connectivity index (χ3n) is 3.86. The first-order valence-electron chi connectivity index (χ1n) is 6.63. The summed E-state index contributed by atoms with van der Waals surface area (Å²) in [6.07, 6.45) is 0. The van der Waals surface area contributed by atoms with Crippen LogP contribution in [0.3, 0.4) is 0 Å². The Morgan fingerprint density at radius 1 is 1.21 bits per heavy atom. The van der Waals surface area contributed by atoms with Gasteiger partial charge in [-0.25, -0.2) is 0 Å². The fourth-order valence-corrected chi connectivity index (χ4v) is 2.57. The molecule has 1 aromatic rings. The molecule has 106 valence electrons. The standard InChI is InChI=1S/C13H22N4O2/c1-10-12(11(2)15(3)14-10)8-16-4-6-17(7-5-16)9-13(18)19/h4-9H2,1-3H3,(H,18,19). The van der Waals surface area contributed by atoms with Gasteiger partial charge < -0.3 is 5.11 Å². The molecule has 1 aliphatic rings.